The van der Waals surface area contributed by atoms with Gasteiger partial charge in [-0.25, -0.2) is 0 Å². The predicted molar refractivity (Wildman–Crippen MR) is 65.3 cm³/mol. The van der Waals surface area contributed by atoms with E-state index < -0.39 is 10.8 Å². The van der Waals surface area contributed by atoms with Crippen molar-refractivity contribution in [3.63, 3.8) is 0 Å². The average molecular weight is 253 g/mol. The molecule has 0 bridgehead atoms. The minimum Gasteiger partial charge on any atom is -0.493 e. The van der Waals surface area contributed by atoms with Gasteiger partial charge in [-0.15, -0.1) is 0 Å². The van der Waals surface area contributed by atoms with Crippen LogP contribution in [0.5, 0.6) is 11.5 Å². The van der Waals surface area contributed by atoms with Crippen LogP contribution < -0.4 is 9.47 Å². The number of Topliss-reactive ketones (excluding diaryl/α,β-unsaturated/α-hetero) is 1. The third-order valence-corrected chi connectivity index (χ3v) is 2.81. The quantitative estimate of drug-likeness (QED) is 0.594. The number of nitro groups is 1. The highest BCUT2D eigenvalue weighted by atomic mass is 16.6. The van der Waals surface area contributed by atoms with E-state index in [1.54, 1.807) is 6.92 Å². The summed E-state index contributed by atoms with van der Waals surface area (Å²) in [5.41, 5.74) is 0.181. The number of hydrogen-bond donors (Lipinski definition) is 0. The molecule has 0 N–H and O–H groups in total. The zero-order chi connectivity index (χ0) is 13.9. The smallest absolute Gasteiger partial charge is 0.277 e. The average Bonchev–Trinajstić information content (AvgIpc) is 2.35. The lowest BCUT2D eigenvalue weighted by molar-refractivity contribution is -0.385. The summed E-state index contributed by atoms with van der Waals surface area (Å²) in [6, 6.07) is 2.75. The molecule has 0 saturated carbocycles. The standard InChI is InChI=1S/C12H15NO5/c1-7(8(2)14)9-5-11(17-3)12(18-4)6-10(9)13(15)16/h5-7H,1-4H3. The van der Waals surface area contributed by atoms with Crippen molar-refractivity contribution in [1.29, 1.82) is 0 Å². The first kappa shape index (κ1) is 14.0. The first-order chi connectivity index (χ1) is 8.42. The molecule has 0 amide bonds. The fraction of sp³-hybridized carbons (Fsp3) is 0.417. The van der Waals surface area contributed by atoms with E-state index in [4.69, 9.17) is 9.47 Å². The summed E-state index contributed by atoms with van der Waals surface area (Å²) in [4.78, 5) is 21.9. The molecule has 0 aliphatic carbocycles. The molecule has 0 aromatic heterocycles. The van der Waals surface area contributed by atoms with Crippen LogP contribution in [-0.4, -0.2) is 24.9 Å². The lowest BCUT2D eigenvalue weighted by Crippen LogP contribution is -2.08. The van der Waals surface area contributed by atoms with E-state index in [9.17, 15) is 14.9 Å². The van der Waals surface area contributed by atoms with Crippen LogP contribution in [0, 0.1) is 10.1 Å². The molecule has 0 spiro atoms. The van der Waals surface area contributed by atoms with Crippen molar-refractivity contribution in [2.45, 2.75) is 19.8 Å². The van der Waals surface area contributed by atoms with Gasteiger partial charge in [-0.05, 0) is 13.0 Å². The Balaban J connectivity index is 3.47. The summed E-state index contributed by atoms with van der Waals surface area (Å²) in [6.45, 7) is 3.02. The number of nitro benzene ring substituents is 1. The Hall–Kier alpha value is -2.11. The second kappa shape index (κ2) is 5.48. The van der Waals surface area contributed by atoms with E-state index in [1.165, 1.54) is 33.3 Å². The number of benzene rings is 1. The van der Waals surface area contributed by atoms with Gasteiger partial charge in [0.25, 0.3) is 5.69 Å². The Morgan fingerprint density at radius 2 is 1.78 bits per heavy atom. The molecule has 0 aliphatic heterocycles. The molecule has 0 saturated heterocycles. The Kier molecular flexibility index (Phi) is 4.25. The van der Waals surface area contributed by atoms with Gasteiger partial charge in [0.15, 0.2) is 11.5 Å². The Bertz CT molecular complexity index is 484. The number of carbonyl (C=O) groups is 1. The van der Waals surface area contributed by atoms with Gasteiger partial charge in [0.2, 0.25) is 0 Å². The van der Waals surface area contributed by atoms with Crippen molar-refractivity contribution in [2.24, 2.45) is 0 Å². The maximum Gasteiger partial charge on any atom is 0.277 e. The van der Waals surface area contributed by atoms with Gasteiger partial charge >= 0.3 is 0 Å². The number of carbonyl (C=O) groups excluding carboxylic acids is 1. The third-order valence-electron chi connectivity index (χ3n) is 2.81. The second-order valence-electron chi connectivity index (χ2n) is 3.86. The van der Waals surface area contributed by atoms with Crippen molar-refractivity contribution < 1.29 is 19.2 Å². The van der Waals surface area contributed by atoms with Crippen LogP contribution in [0.1, 0.15) is 25.3 Å². The van der Waals surface area contributed by atoms with Gasteiger partial charge in [-0.2, -0.15) is 0 Å². The van der Waals surface area contributed by atoms with Crippen LogP contribution >= 0.6 is 0 Å². The summed E-state index contributed by atoms with van der Waals surface area (Å²) in [5, 5.41) is 11.0. The summed E-state index contributed by atoms with van der Waals surface area (Å²) in [6.07, 6.45) is 0. The lowest BCUT2D eigenvalue weighted by atomic mass is 9.95. The molecule has 1 aromatic rings. The summed E-state index contributed by atoms with van der Waals surface area (Å²) >= 11 is 0. The van der Waals surface area contributed by atoms with Gasteiger partial charge in [-0.3, -0.25) is 14.9 Å². The van der Waals surface area contributed by atoms with Crippen molar-refractivity contribution in [2.75, 3.05) is 14.2 Å². The lowest BCUT2D eigenvalue weighted by Gasteiger charge is -2.13. The molecule has 98 valence electrons. The van der Waals surface area contributed by atoms with Crippen molar-refractivity contribution >= 4 is 11.5 Å². The molecule has 18 heavy (non-hydrogen) atoms. The second-order valence-corrected chi connectivity index (χ2v) is 3.86. The minimum atomic E-state index is -0.565. The zero-order valence-corrected chi connectivity index (χ0v) is 10.7. The maximum absolute atomic E-state index is 11.4. The van der Waals surface area contributed by atoms with Crippen LogP contribution in [-0.2, 0) is 4.79 Å². The van der Waals surface area contributed by atoms with Gasteiger partial charge in [0.05, 0.1) is 25.2 Å². The molecule has 1 atom stereocenters. The molecule has 0 aliphatic rings. The van der Waals surface area contributed by atoms with Gasteiger partial charge < -0.3 is 9.47 Å². The van der Waals surface area contributed by atoms with E-state index in [0.29, 0.717) is 11.3 Å². The fourth-order valence-electron chi connectivity index (χ4n) is 1.61. The van der Waals surface area contributed by atoms with Crippen molar-refractivity contribution in [3.05, 3.63) is 27.8 Å². The molecule has 1 unspecified atom stereocenters. The number of hydrogen-bond acceptors (Lipinski definition) is 5. The highest BCUT2D eigenvalue weighted by Crippen LogP contribution is 2.37. The van der Waals surface area contributed by atoms with Gasteiger partial charge in [-0.1, -0.05) is 6.92 Å². The Morgan fingerprint density at radius 1 is 1.28 bits per heavy atom. The van der Waals surface area contributed by atoms with Gasteiger partial charge in [0.1, 0.15) is 5.78 Å². The largest absolute Gasteiger partial charge is 0.493 e. The molecule has 6 heteroatoms. The van der Waals surface area contributed by atoms with E-state index in [-0.39, 0.29) is 17.2 Å². The Labute approximate surface area is 105 Å². The minimum absolute atomic E-state index is 0.143. The number of methoxy groups -OCH3 is 2. The molecule has 0 heterocycles. The molecule has 0 radical (unpaired) electrons. The maximum atomic E-state index is 11.4. The monoisotopic (exact) mass is 253 g/mol. The van der Waals surface area contributed by atoms with Crippen LogP contribution in [0.4, 0.5) is 5.69 Å². The summed E-state index contributed by atoms with van der Waals surface area (Å²) in [7, 11) is 2.83. The van der Waals surface area contributed by atoms with Crippen LogP contribution in [0.25, 0.3) is 0 Å². The zero-order valence-electron chi connectivity index (χ0n) is 10.7. The highest BCUT2D eigenvalue weighted by Gasteiger charge is 2.25. The SMILES string of the molecule is COc1cc(C(C)C(C)=O)c([N+](=O)[O-])cc1OC. The van der Waals surface area contributed by atoms with E-state index in [0.717, 1.165) is 0 Å². The number of ketones is 1. The van der Waals surface area contributed by atoms with Gasteiger partial charge in [0, 0.05) is 11.5 Å². The topological polar surface area (TPSA) is 78.7 Å². The molecule has 1 aromatic carbocycles. The fourth-order valence-corrected chi connectivity index (χ4v) is 1.61. The van der Waals surface area contributed by atoms with E-state index in [1.807, 2.05) is 0 Å². The number of nitrogens with zero attached hydrogens (tertiary/aromatic N) is 1. The first-order valence-corrected chi connectivity index (χ1v) is 5.33. The number of rotatable bonds is 5. The molecule has 6 nitrogen and oxygen atoms in total. The van der Waals surface area contributed by atoms with Crippen LogP contribution in [0.2, 0.25) is 0 Å². The molecule has 1 rings (SSSR count). The molecular formula is C12H15NO5. The highest BCUT2D eigenvalue weighted by molar-refractivity contribution is 5.84. The number of ether oxygens (including phenoxy) is 2. The van der Waals surface area contributed by atoms with Crippen LogP contribution in [0.15, 0.2) is 12.1 Å². The van der Waals surface area contributed by atoms with Crippen molar-refractivity contribution in [1.82, 2.24) is 0 Å². The normalized spacial score (nSPS) is 11.8. The van der Waals surface area contributed by atoms with E-state index >= 15 is 0 Å². The predicted octanol–water partition coefficient (Wildman–Crippen LogP) is 2.30. The summed E-state index contributed by atoms with van der Waals surface area (Å²) in [5.74, 6) is -0.0783. The first-order valence-electron chi connectivity index (χ1n) is 5.33. The molecule has 0 fully saturated rings. The molecular weight excluding hydrogens is 238 g/mol. The Morgan fingerprint density at radius 3 is 2.17 bits per heavy atom. The van der Waals surface area contributed by atoms with E-state index in [2.05, 4.69) is 0 Å². The third kappa shape index (κ3) is 2.58. The van der Waals surface area contributed by atoms with Crippen LogP contribution in [0.3, 0.4) is 0 Å². The summed E-state index contributed by atoms with van der Waals surface area (Å²) < 4.78 is 10.1. The van der Waals surface area contributed by atoms with Crippen molar-refractivity contribution in [3.8, 4) is 11.5 Å².